The fourth-order valence-electron chi connectivity index (χ4n) is 1.21. The van der Waals surface area contributed by atoms with Crippen LogP contribution in [0.5, 0.6) is 5.75 Å². The molecular formula is C11H13IN2O3. The van der Waals surface area contributed by atoms with Gasteiger partial charge in [0.1, 0.15) is 5.75 Å². The first-order chi connectivity index (χ1) is 8.04. The van der Waals surface area contributed by atoms with Crippen molar-refractivity contribution >= 4 is 34.4 Å². The van der Waals surface area contributed by atoms with Gasteiger partial charge in [-0.3, -0.25) is 9.59 Å². The van der Waals surface area contributed by atoms with Gasteiger partial charge in [-0.1, -0.05) is 0 Å². The molecule has 0 aliphatic carbocycles. The van der Waals surface area contributed by atoms with Crippen LogP contribution in [0.15, 0.2) is 18.2 Å². The van der Waals surface area contributed by atoms with E-state index >= 15 is 0 Å². The summed E-state index contributed by atoms with van der Waals surface area (Å²) in [5, 5.41) is 14.5. The predicted molar refractivity (Wildman–Crippen MR) is 71.8 cm³/mol. The average Bonchev–Trinajstić information content (AvgIpc) is 2.29. The lowest BCUT2D eigenvalue weighted by atomic mass is 10.2. The molecule has 0 aliphatic rings. The van der Waals surface area contributed by atoms with E-state index in [0.717, 1.165) is 3.57 Å². The normalized spacial score (nSPS) is 9.76. The SMILES string of the molecule is CCNC(=O)CNC(=O)c1cc(I)ccc1O. The summed E-state index contributed by atoms with van der Waals surface area (Å²) < 4.78 is 0.837. The molecule has 0 heterocycles. The number of rotatable bonds is 4. The molecule has 3 N–H and O–H groups in total. The molecule has 0 saturated carbocycles. The quantitative estimate of drug-likeness (QED) is 0.707. The Morgan fingerprint density at radius 3 is 2.71 bits per heavy atom. The first kappa shape index (κ1) is 13.8. The summed E-state index contributed by atoms with van der Waals surface area (Å²) in [5.74, 6) is -0.822. The molecule has 6 heteroatoms. The number of halogens is 1. The smallest absolute Gasteiger partial charge is 0.255 e. The second-order valence-electron chi connectivity index (χ2n) is 3.30. The molecule has 17 heavy (non-hydrogen) atoms. The Hall–Kier alpha value is -1.31. The topological polar surface area (TPSA) is 78.4 Å². The molecule has 0 spiro atoms. The van der Waals surface area contributed by atoms with Gasteiger partial charge in [-0.05, 0) is 47.7 Å². The van der Waals surface area contributed by atoms with E-state index in [1.54, 1.807) is 19.1 Å². The molecule has 2 amide bonds. The van der Waals surface area contributed by atoms with Crippen LogP contribution in [0.1, 0.15) is 17.3 Å². The van der Waals surface area contributed by atoms with Gasteiger partial charge in [-0.25, -0.2) is 0 Å². The Kier molecular flexibility index (Phi) is 5.20. The Labute approximate surface area is 113 Å². The van der Waals surface area contributed by atoms with Crippen molar-refractivity contribution in [2.24, 2.45) is 0 Å². The van der Waals surface area contributed by atoms with Gasteiger partial charge < -0.3 is 15.7 Å². The molecule has 92 valence electrons. The van der Waals surface area contributed by atoms with Gasteiger partial charge in [-0.15, -0.1) is 0 Å². The van der Waals surface area contributed by atoms with E-state index in [4.69, 9.17) is 0 Å². The average molecular weight is 348 g/mol. The standard InChI is InChI=1S/C11H13IN2O3/c1-2-13-10(16)6-14-11(17)8-5-7(12)3-4-9(8)15/h3-5,15H,2,6H2,1H3,(H,13,16)(H,14,17). The van der Waals surface area contributed by atoms with Gasteiger partial charge in [0.2, 0.25) is 5.91 Å². The highest BCUT2D eigenvalue weighted by Gasteiger charge is 2.12. The molecule has 0 bridgehead atoms. The van der Waals surface area contributed by atoms with E-state index in [-0.39, 0.29) is 23.8 Å². The molecule has 0 atom stereocenters. The van der Waals surface area contributed by atoms with Crippen molar-refractivity contribution in [3.63, 3.8) is 0 Å². The van der Waals surface area contributed by atoms with Crippen LogP contribution in [0.2, 0.25) is 0 Å². The molecule has 0 aromatic heterocycles. The Morgan fingerprint density at radius 2 is 2.06 bits per heavy atom. The van der Waals surface area contributed by atoms with Gasteiger partial charge in [0, 0.05) is 10.1 Å². The zero-order chi connectivity index (χ0) is 12.8. The zero-order valence-corrected chi connectivity index (χ0v) is 11.4. The molecule has 1 aromatic carbocycles. The highest BCUT2D eigenvalue weighted by molar-refractivity contribution is 14.1. The summed E-state index contributed by atoms with van der Waals surface area (Å²) in [5.41, 5.74) is 0.168. The monoisotopic (exact) mass is 348 g/mol. The van der Waals surface area contributed by atoms with Crippen LogP contribution in [-0.4, -0.2) is 30.0 Å². The van der Waals surface area contributed by atoms with E-state index < -0.39 is 5.91 Å². The molecule has 1 aromatic rings. The second-order valence-corrected chi connectivity index (χ2v) is 4.54. The number of hydrogen-bond donors (Lipinski definition) is 3. The highest BCUT2D eigenvalue weighted by atomic mass is 127. The van der Waals surface area contributed by atoms with Crippen LogP contribution in [0.3, 0.4) is 0 Å². The number of likely N-dealkylation sites (N-methyl/N-ethyl adjacent to an activating group) is 1. The number of hydrogen-bond acceptors (Lipinski definition) is 3. The summed E-state index contributed by atoms with van der Waals surface area (Å²) >= 11 is 2.04. The van der Waals surface area contributed by atoms with E-state index in [2.05, 4.69) is 10.6 Å². The lowest BCUT2D eigenvalue weighted by Crippen LogP contribution is -2.36. The van der Waals surface area contributed by atoms with Gasteiger partial charge in [0.15, 0.2) is 0 Å². The minimum absolute atomic E-state index is 0.0983. The van der Waals surface area contributed by atoms with Gasteiger partial charge in [-0.2, -0.15) is 0 Å². The van der Waals surface area contributed by atoms with Crippen molar-refractivity contribution in [1.82, 2.24) is 10.6 Å². The largest absolute Gasteiger partial charge is 0.507 e. The Morgan fingerprint density at radius 1 is 1.35 bits per heavy atom. The molecule has 0 unspecified atom stereocenters. The van der Waals surface area contributed by atoms with Crippen molar-refractivity contribution in [2.45, 2.75) is 6.92 Å². The summed E-state index contributed by atoms with van der Waals surface area (Å²) in [6.45, 7) is 2.21. The highest BCUT2D eigenvalue weighted by Crippen LogP contribution is 2.19. The van der Waals surface area contributed by atoms with Crippen LogP contribution >= 0.6 is 22.6 Å². The molecule has 5 nitrogen and oxygen atoms in total. The predicted octanol–water partition coefficient (Wildman–Crippen LogP) is 0.863. The maximum atomic E-state index is 11.7. The fourth-order valence-corrected chi connectivity index (χ4v) is 1.70. The third-order valence-corrected chi connectivity index (χ3v) is 2.66. The van der Waals surface area contributed by atoms with Gasteiger partial charge >= 0.3 is 0 Å². The van der Waals surface area contributed by atoms with Crippen molar-refractivity contribution in [1.29, 1.82) is 0 Å². The van der Waals surface area contributed by atoms with Gasteiger partial charge in [0.25, 0.3) is 5.91 Å². The Balaban J connectivity index is 2.64. The van der Waals surface area contributed by atoms with Crippen LogP contribution in [0.4, 0.5) is 0 Å². The van der Waals surface area contributed by atoms with Crippen molar-refractivity contribution in [3.05, 3.63) is 27.3 Å². The van der Waals surface area contributed by atoms with Gasteiger partial charge in [0.05, 0.1) is 12.1 Å². The van der Waals surface area contributed by atoms with Crippen LogP contribution in [0.25, 0.3) is 0 Å². The summed E-state index contributed by atoms with van der Waals surface area (Å²) in [4.78, 5) is 22.8. The van der Waals surface area contributed by atoms with Crippen molar-refractivity contribution < 1.29 is 14.7 Å². The number of nitrogens with one attached hydrogen (secondary N) is 2. The number of phenolic OH excluding ortho intramolecular Hbond substituents is 1. The van der Waals surface area contributed by atoms with Crippen LogP contribution in [-0.2, 0) is 4.79 Å². The number of carbonyl (C=O) groups excluding carboxylic acids is 2. The number of amides is 2. The zero-order valence-electron chi connectivity index (χ0n) is 9.29. The summed E-state index contributed by atoms with van der Waals surface area (Å²) in [6, 6.07) is 4.70. The van der Waals surface area contributed by atoms with E-state index in [9.17, 15) is 14.7 Å². The molecule has 0 fully saturated rings. The maximum Gasteiger partial charge on any atom is 0.255 e. The van der Waals surface area contributed by atoms with E-state index in [1.807, 2.05) is 22.6 Å². The maximum absolute atomic E-state index is 11.7. The van der Waals surface area contributed by atoms with Crippen LogP contribution in [0, 0.1) is 3.57 Å². The molecule has 0 aliphatic heterocycles. The first-order valence-corrected chi connectivity index (χ1v) is 6.16. The first-order valence-electron chi connectivity index (χ1n) is 5.08. The minimum Gasteiger partial charge on any atom is -0.507 e. The van der Waals surface area contributed by atoms with E-state index in [0.29, 0.717) is 6.54 Å². The summed E-state index contributed by atoms with van der Waals surface area (Å²) in [6.07, 6.45) is 0. The molecule has 1 rings (SSSR count). The lowest BCUT2D eigenvalue weighted by Gasteiger charge is -2.07. The Bertz CT molecular complexity index is 435. The number of aromatic hydroxyl groups is 1. The fraction of sp³-hybridized carbons (Fsp3) is 0.273. The number of benzene rings is 1. The minimum atomic E-state index is -0.465. The second kappa shape index (κ2) is 6.43. The van der Waals surface area contributed by atoms with Crippen molar-refractivity contribution in [2.75, 3.05) is 13.1 Å². The molecule has 0 radical (unpaired) electrons. The molecule has 0 saturated heterocycles. The summed E-state index contributed by atoms with van der Waals surface area (Å²) in [7, 11) is 0. The van der Waals surface area contributed by atoms with Crippen molar-refractivity contribution in [3.8, 4) is 5.75 Å². The lowest BCUT2D eigenvalue weighted by molar-refractivity contribution is -0.120. The van der Waals surface area contributed by atoms with Crippen LogP contribution < -0.4 is 10.6 Å². The number of phenols is 1. The molecular weight excluding hydrogens is 335 g/mol. The third-order valence-electron chi connectivity index (χ3n) is 1.99. The van der Waals surface area contributed by atoms with E-state index in [1.165, 1.54) is 6.07 Å². The third kappa shape index (κ3) is 4.22. The number of carbonyl (C=O) groups is 2.